The van der Waals surface area contributed by atoms with E-state index in [-0.39, 0.29) is 11.1 Å². The lowest BCUT2D eigenvalue weighted by atomic mass is 9.71. The number of hydrogen-bond donors (Lipinski definition) is 1. The van der Waals surface area contributed by atoms with E-state index in [0.717, 1.165) is 12.8 Å². The van der Waals surface area contributed by atoms with Crippen LogP contribution in [0.4, 0.5) is 0 Å². The van der Waals surface area contributed by atoms with E-state index in [1.807, 2.05) is 0 Å². The van der Waals surface area contributed by atoms with Crippen molar-refractivity contribution in [3.8, 4) is 5.88 Å². The number of aromatic nitrogens is 2. The molecule has 1 aliphatic rings. The molecule has 0 bridgehead atoms. The molecule has 1 aromatic rings. The predicted molar refractivity (Wildman–Crippen MR) is 79.1 cm³/mol. The van der Waals surface area contributed by atoms with Gasteiger partial charge in [-0.1, -0.05) is 33.0 Å². The maximum Gasteiger partial charge on any atom is 0.232 e. The maximum absolute atomic E-state index is 5.94. The molecule has 1 aliphatic carbocycles. The third-order valence-electron chi connectivity index (χ3n) is 3.51. The van der Waals surface area contributed by atoms with Gasteiger partial charge in [-0.15, -0.1) is 0 Å². The highest BCUT2D eigenvalue weighted by Gasteiger charge is 2.33. The van der Waals surface area contributed by atoms with E-state index in [0.29, 0.717) is 22.9 Å². The molecule has 0 radical (unpaired) electrons. The predicted octanol–water partition coefficient (Wildman–Crippen LogP) is 2.70. The van der Waals surface area contributed by atoms with Gasteiger partial charge < -0.3 is 10.5 Å². The Hall–Kier alpha value is -1.23. The minimum atomic E-state index is 0.212. The molecule has 5 heteroatoms. The molecule has 2 unspecified atom stereocenters. The maximum atomic E-state index is 5.94. The Kier molecular flexibility index (Phi) is 4.04. The molecule has 2 N–H and O–H groups in total. The number of thiocarbonyl (C=S) groups is 1. The van der Waals surface area contributed by atoms with Crippen LogP contribution in [0.3, 0.4) is 0 Å². The molecular formula is C14H21N3OS. The van der Waals surface area contributed by atoms with Crippen LogP contribution in [-0.4, -0.2) is 21.1 Å². The van der Waals surface area contributed by atoms with Crippen molar-refractivity contribution in [2.75, 3.05) is 0 Å². The third kappa shape index (κ3) is 3.86. The highest BCUT2D eigenvalue weighted by molar-refractivity contribution is 7.80. The number of nitrogens with zero attached hydrogens (tertiary/aromatic N) is 2. The Morgan fingerprint density at radius 3 is 2.63 bits per heavy atom. The van der Waals surface area contributed by atoms with Crippen LogP contribution in [0.1, 0.15) is 45.7 Å². The molecule has 2 atom stereocenters. The van der Waals surface area contributed by atoms with Gasteiger partial charge in [0.25, 0.3) is 0 Å². The van der Waals surface area contributed by atoms with Gasteiger partial charge in [0, 0.05) is 0 Å². The molecule has 4 nitrogen and oxygen atoms in total. The number of rotatable bonds is 3. The lowest BCUT2D eigenvalue weighted by Gasteiger charge is -2.38. The van der Waals surface area contributed by atoms with Gasteiger partial charge in [0.2, 0.25) is 5.88 Å². The number of ether oxygens (including phenoxy) is 1. The third-order valence-corrected chi connectivity index (χ3v) is 3.72. The van der Waals surface area contributed by atoms with Crippen LogP contribution in [0.15, 0.2) is 12.4 Å². The monoisotopic (exact) mass is 279 g/mol. The molecule has 1 saturated carbocycles. The largest absolute Gasteiger partial charge is 0.473 e. The second kappa shape index (κ2) is 5.41. The Morgan fingerprint density at radius 1 is 1.37 bits per heavy atom. The van der Waals surface area contributed by atoms with Gasteiger partial charge in [-0.3, -0.25) is 0 Å². The molecule has 0 aliphatic heterocycles. The van der Waals surface area contributed by atoms with E-state index in [9.17, 15) is 0 Å². The average Bonchev–Trinajstić information content (AvgIpc) is 2.26. The van der Waals surface area contributed by atoms with Crippen molar-refractivity contribution in [1.82, 2.24) is 9.97 Å². The lowest BCUT2D eigenvalue weighted by molar-refractivity contribution is 0.0529. The van der Waals surface area contributed by atoms with E-state index in [4.69, 9.17) is 22.7 Å². The second-order valence-electron chi connectivity index (χ2n) is 6.26. The van der Waals surface area contributed by atoms with Crippen LogP contribution in [0, 0.1) is 11.3 Å². The first-order valence-corrected chi connectivity index (χ1v) is 7.05. The van der Waals surface area contributed by atoms with E-state index in [1.54, 1.807) is 12.4 Å². The molecule has 0 saturated heterocycles. The molecule has 1 fully saturated rings. The quantitative estimate of drug-likeness (QED) is 0.862. The van der Waals surface area contributed by atoms with Gasteiger partial charge in [0.1, 0.15) is 16.8 Å². The molecule has 19 heavy (non-hydrogen) atoms. The van der Waals surface area contributed by atoms with Gasteiger partial charge in [-0.25, -0.2) is 9.97 Å². The van der Waals surface area contributed by atoms with Crippen molar-refractivity contribution in [2.24, 2.45) is 17.1 Å². The molecule has 1 heterocycles. The van der Waals surface area contributed by atoms with Crippen LogP contribution >= 0.6 is 12.2 Å². The molecule has 0 aromatic carbocycles. The zero-order chi connectivity index (χ0) is 14.0. The number of hydrogen-bond acceptors (Lipinski definition) is 4. The summed E-state index contributed by atoms with van der Waals surface area (Å²) in [6.45, 7) is 6.86. The molecular weight excluding hydrogens is 258 g/mol. The van der Waals surface area contributed by atoms with E-state index in [2.05, 4.69) is 30.7 Å². The molecule has 104 valence electrons. The van der Waals surface area contributed by atoms with Gasteiger partial charge in [0.15, 0.2) is 0 Å². The van der Waals surface area contributed by atoms with Gasteiger partial charge in [0.05, 0.1) is 12.4 Å². The number of nitrogens with two attached hydrogens (primary N) is 1. The first-order chi connectivity index (χ1) is 8.85. The van der Waals surface area contributed by atoms with Crippen LogP contribution in [0.25, 0.3) is 0 Å². The summed E-state index contributed by atoms with van der Waals surface area (Å²) in [4.78, 5) is 8.62. The summed E-state index contributed by atoms with van der Waals surface area (Å²) in [5.41, 5.74) is 6.35. The summed E-state index contributed by atoms with van der Waals surface area (Å²) in [5, 5.41) is 0. The first-order valence-electron chi connectivity index (χ1n) is 6.64. The van der Waals surface area contributed by atoms with Crippen molar-refractivity contribution in [1.29, 1.82) is 0 Å². The summed E-state index contributed by atoms with van der Waals surface area (Å²) in [6.07, 6.45) is 6.75. The summed E-state index contributed by atoms with van der Waals surface area (Å²) in [6, 6.07) is 0. The summed E-state index contributed by atoms with van der Waals surface area (Å²) < 4.78 is 5.94. The van der Waals surface area contributed by atoms with Crippen molar-refractivity contribution in [3.05, 3.63) is 18.1 Å². The standard InChI is InChI=1S/C14H21N3OS/c1-9-4-10(6-14(2,3)5-9)18-12-8-16-11(7-17-12)13(15)19/h7-10H,4-6H2,1-3H3,(H2,15,19). The zero-order valence-corrected chi connectivity index (χ0v) is 12.5. The summed E-state index contributed by atoms with van der Waals surface area (Å²) in [7, 11) is 0. The summed E-state index contributed by atoms with van der Waals surface area (Å²) >= 11 is 4.85. The SMILES string of the molecule is CC1CC(Oc2cnc(C(N)=S)cn2)CC(C)(C)C1. The van der Waals surface area contributed by atoms with Crippen LogP contribution in [0.2, 0.25) is 0 Å². The highest BCUT2D eigenvalue weighted by atomic mass is 32.1. The normalized spacial score (nSPS) is 25.8. The fourth-order valence-electron chi connectivity index (χ4n) is 3.02. The van der Waals surface area contributed by atoms with E-state index < -0.39 is 0 Å². The first kappa shape index (κ1) is 14.2. The molecule has 0 amide bonds. The van der Waals surface area contributed by atoms with Crippen molar-refractivity contribution in [3.63, 3.8) is 0 Å². The fraction of sp³-hybridized carbons (Fsp3) is 0.643. The Balaban J connectivity index is 2.02. The minimum absolute atomic E-state index is 0.212. The van der Waals surface area contributed by atoms with Crippen molar-refractivity contribution in [2.45, 2.75) is 46.1 Å². The second-order valence-corrected chi connectivity index (χ2v) is 6.70. The highest BCUT2D eigenvalue weighted by Crippen LogP contribution is 2.39. The summed E-state index contributed by atoms with van der Waals surface area (Å²) in [5.74, 6) is 1.23. The lowest BCUT2D eigenvalue weighted by Crippen LogP contribution is -2.34. The fourth-order valence-corrected chi connectivity index (χ4v) is 3.13. The van der Waals surface area contributed by atoms with Gasteiger partial charge >= 0.3 is 0 Å². The van der Waals surface area contributed by atoms with Gasteiger partial charge in [-0.05, 0) is 30.6 Å². The Morgan fingerprint density at radius 2 is 2.11 bits per heavy atom. The minimum Gasteiger partial charge on any atom is -0.473 e. The van der Waals surface area contributed by atoms with Crippen molar-refractivity contribution < 1.29 is 4.74 Å². The van der Waals surface area contributed by atoms with E-state index >= 15 is 0 Å². The molecule has 0 spiro atoms. The van der Waals surface area contributed by atoms with Crippen molar-refractivity contribution >= 4 is 17.2 Å². The molecule has 1 aromatic heterocycles. The zero-order valence-electron chi connectivity index (χ0n) is 11.7. The average molecular weight is 279 g/mol. The van der Waals surface area contributed by atoms with Crippen LogP contribution in [0.5, 0.6) is 5.88 Å². The molecule has 2 rings (SSSR count). The smallest absolute Gasteiger partial charge is 0.232 e. The van der Waals surface area contributed by atoms with Gasteiger partial charge in [-0.2, -0.15) is 0 Å². The van der Waals surface area contributed by atoms with E-state index in [1.165, 1.54) is 6.42 Å². The topological polar surface area (TPSA) is 61.0 Å². The Bertz CT molecular complexity index is 458. The Labute approximate surface area is 119 Å². The van der Waals surface area contributed by atoms with Crippen LogP contribution in [-0.2, 0) is 0 Å². The van der Waals surface area contributed by atoms with Crippen LogP contribution < -0.4 is 10.5 Å².